The van der Waals surface area contributed by atoms with Gasteiger partial charge in [-0.25, -0.2) is 0 Å². The van der Waals surface area contributed by atoms with Crippen molar-refractivity contribution in [3.8, 4) is 0 Å². The number of hydrogen-bond donors (Lipinski definition) is 2. The molecule has 4 saturated carbocycles. The highest BCUT2D eigenvalue weighted by molar-refractivity contribution is 5.20. The lowest BCUT2D eigenvalue weighted by Crippen LogP contribution is -2.55. The third kappa shape index (κ3) is 1.69. The minimum Gasteiger partial charge on any atom is -0.396 e. The van der Waals surface area contributed by atoms with E-state index in [4.69, 9.17) is 0 Å². The average molecular weight is 306 g/mol. The van der Waals surface area contributed by atoms with Gasteiger partial charge in [0.05, 0.1) is 6.10 Å². The number of aliphatic hydroxyl groups is 2. The number of aliphatic hydroxyl groups excluding tert-OH is 2. The molecule has 2 N–H and O–H groups in total. The second-order valence-corrected chi connectivity index (χ2v) is 10.2. The summed E-state index contributed by atoms with van der Waals surface area (Å²) in [6, 6.07) is 0. The Morgan fingerprint density at radius 2 is 1.77 bits per heavy atom. The molecule has 0 aromatic carbocycles. The first-order valence-corrected chi connectivity index (χ1v) is 9.55. The Morgan fingerprint density at radius 3 is 2.45 bits per heavy atom. The normalized spacial score (nSPS) is 59.2. The fraction of sp³-hybridized carbons (Fsp3) is 1.00. The number of hydrogen-bond acceptors (Lipinski definition) is 2. The van der Waals surface area contributed by atoms with E-state index in [1.807, 2.05) is 0 Å². The summed E-state index contributed by atoms with van der Waals surface area (Å²) in [5.74, 6) is 3.18. The lowest BCUT2D eigenvalue weighted by molar-refractivity contribution is -0.137. The van der Waals surface area contributed by atoms with Crippen molar-refractivity contribution >= 4 is 0 Å². The molecule has 2 heteroatoms. The predicted octanol–water partition coefficient (Wildman–Crippen LogP) is 3.85. The first kappa shape index (κ1) is 15.4. The molecule has 2 nitrogen and oxygen atoms in total. The van der Waals surface area contributed by atoms with Crippen molar-refractivity contribution in [2.24, 2.45) is 45.8 Å². The van der Waals surface area contributed by atoms with Crippen LogP contribution in [0, 0.1) is 45.8 Å². The summed E-state index contributed by atoms with van der Waals surface area (Å²) in [5, 5.41) is 20.6. The van der Waals surface area contributed by atoms with Crippen molar-refractivity contribution in [1.82, 2.24) is 0 Å². The minimum atomic E-state index is -0.198. The third-order valence-electron chi connectivity index (χ3n) is 9.12. The average Bonchev–Trinajstić information content (AvgIpc) is 3.06. The Kier molecular flexibility index (Phi) is 3.16. The van der Waals surface area contributed by atoms with E-state index >= 15 is 0 Å². The molecule has 22 heavy (non-hydrogen) atoms. The predicted molar refractivity (Wildman–Crippen MR) is 88.2 cm³/mol. The summed E-state index contributed by atoms with van der Waals surface area (Å²) in [4.78, 5) is 0. The van der Waals surface area contributed by atoms with Gasteiger partial charge in [0.1, 0.15) is 0 Å². The van der Waals surface area contributed by atoms with E-state index in [1.165, 1.54) is 32.1 Å². The van der Waals surface area contributed by atoms with Crippen LogP contribution in [-0.2, 0) is 0 Å². The van der Waals surface area contributed by atoms with E-state index in [-0.39, 0.29) is 18.1 Å². The van der Waals surface area contributed by atoms with Crippen LogP contribution in [0.4, 0.5) is 0 Å². The number of fused-ring (bicyclic) bond motifs is 5. The second-order valence-electron chi connectivity index (χ2n) is 10.2. The monoisotopic (exact) mass is 306 g/mol. The van der Waals surface area contributed by atoms with Gasteiger partial charge < -0.3 is 10.2 Å². The smallest absolute Gasteiger partial charge is 0.0603 e. The van der Waals surface area contributed by atoms with Crippen molar-refractivity contribution < 1.29 is 10.2 Å². The molecule has 4 aliphatic carbocycles. The molecule has 0 unspecified atom stereocenters. The van der Waals surface area contributed by atoms with Crippen molar-refractivity contribution in [2.75, 3.05) is 6.61 Å². The van der Waals surface area contributed by atoms with Gasteiger partial charge in [-0.15, -0.1) is 0 Å². The van der Waals surface area contributed by atoms with Gasteiger partial charge in [-0.05, 0) is 72.5 Å². The van der Waals surface area contributed by atoms with Crippen LogP contribution in [0.25, 0.3) is 0 Å². The van der Waals surface area contributed by atoms with Gasteiger partial charge >= 0.3 is 0 Å². The Bertz CT molecular complexity index is 472. The van der Waals surface area contributed by atoms with Crippen molar-refractivity contribution in [3.05, 3.63) is 0 Å². The molecule has 0 aromatic rings. The summed E-state index contributed by atoms with van der Waals surface area (Å²) in [6.07, 6.45) is 7.55. The molecule has 4 rings (SSSR count). The highest BCUT2D eigenvalue weighted by Gasteiger charge is 2.73. The van der Waals surface area contributed by atoms with Gasteiger partial charge in [0, 0.05) is 12.0 Å². The first-order chi connectivity index (χ1) is 10.3. The highest BCUT2D eigenvalue weighted by Crippen LogP contribution is 2.75. The highest BCUT2D eigenvalue weighted by atomic mass is 16.3. The standard InChI is InChI=1S/C20H34O2/c1-18(2)8-5-9-19(3)13-10-16(22)20(4)14(11-21)17(20)12(13)6-7-15(18)19/h12-17,21-22H,5-11H2,1-4H3/t12-,13+,14-,15+,16-,17-,19-,20-/m1/s1. The van der Waals surface area contributed by atoms with E-state index in [9.17, 15) is 10.2 Å². The van der Waals surface area contributed by atoms with Crippen molar-refractivity contribution in [3.63, 3.8) is 0 Å². The molecule has 126 valence electrons. The van der Waals surface area contributed by atoms with Crippen LogP contribution in [0.2, 0.25) is 0 Å². The van der Waals surface area contributed by atoms with Crippen molar-refractivity contribution in [1.29, 1.82) is 0 Å². The summed E-state index contributed by atoms with van der Waals surface area (Å²) < 4.78 is 0. The van der Waals surface area contributed by atoms with Gasteiger partial charge in [-0.3, -0.25) is 0 Å². The van der Waals surface area contributed by atoms with Gasteiger partial charge in [-0.1, -0.05) is 34.1 Å². The fourth-order valence-corrected chi connectivity index (χ4v) is 7.95. The van der Waals surface area contributed by atoms with Crippen LogP contribution in [0.1, 0.15) is 66.2 Å². The molecule has 4 aliphatic rings. The van der Waals surface area contributed by atoms with Crippen molar-refractivity contribution in [2.45, 2.75) is 72.3 Å². The zero-order valence-electron chi connectivity index (χ0n) is 14.8. The van der Waals surface area contributed by atoms with E-state index in [2.05, 4.69) is 27.7 Å². The molecule has 0 aliphatic heterocycles. The molecule has 0 radical (unpaired) electrons. The third-order valence-corrected chi connectivity index (χ3v) is 9.12. The molecule has 0 aromatic heterocycles. The van der Waals surface area contributed by atoms with Gasteiger partial charge in [0.25, 0.3) is 0 Å². The van der Waals surface area contributed by atoms with Gasteiger partial charge in [-0.2, -0.15) is 0 Å². The Morgan fingerprint density at radius 1 is 1.05 bits per heavy atom. The number of rotatable bonds is 1. The molecule has 0 heterocycles. The molecule has 0 bridgehead atoms. The van der Waals surface area contributed by atoms with Crippen LogP contribution in [-0.4, -0.2) is 22.9 Å². The van der Waals surface area contributed by atoms with E-state index < -0.39 is 0 Å². The lowest BCUT2D eigenvalue weighted by atomic mass is 9.44. The van der Waals surface area contributed by atoms with Crippen LogP contribution >= 0.6 is 0 Å². The Hall–Kier alpha value is -0.0800. The molecular formula is C20H34O2. The van der Waals surface area contributed by atoms with Gasteiger partial charge in [0.2, 0.25) is 0 Å². The second kappa shape index (κ2) is 4.51. The SMILES string of the molecule is CC1(C)CCC[C@]2(C)[C@H]3C[C@@H](O)[C@]4(C)[C@H]([C@@H]3CC[C@@H]12)[C@H]4CO. The first-order valence-electron chi connectivity index (χ1n) is 9.55. The molecule has 0 spiro atoms. The zero-order valence-corrected chi connectivity index (χ0v) is 14.8. The van der Waals surface area contributed by atoms with E-state index in [0.29, 0.717) is 28.6 Å². The zero-order chi connectivity index (χ0) is 15.9. The summed E-state index contributed by atoms with van der Waals surface area (Å²) in [7, 11) is 0. The fourth-order valence-electron chi connectivity index (χ4n) is 7.95. The lowest BCUT2D eigenvalue weighted by Gasteiger charge is -2.61. The Balaban J connectivity index is 1.68. The maximum atomic E-state index is 10.8. The van der Waals surface area contributed by atoms with Crippen LogP contribution in [0.15, 0.2) is 0 Å². The summed E-state index contributed by atoms with van der Waals surface area (Å²) in [5.41, 5.74) is 0.891. The van der Waals surface area contributed by atoms with Gasteiger partial charge in [0.15, 0.2) is 0 Å². The van der Waals surface area contributed by atoms with E-state index in [0.717, 1.165) is 18.3 Å². The maximum absolute atomic E-state index is 10.8. The molecule has 8 atom stereocenters. The molecule has 4 fully saturated rings. The Labute approximate surface area is 135 Å². The summed E-state index contributed by atoms with van der Waals surface area (Å²) in [6.45, 7) is 10.0. The largest absolute Gasteiger partial charge is 0.396 e. The van der Waals surface area contributed by atoms with Crippen LogP contribution in [0.3, 0.4) is 0 Å². The quantitative estimate of drug-likeness (QED) is 0.772. The molecule has 0 amide bonds. The summed E-state index contributed by atoms with van der Waals surface area (Å²) >= 11 is 0. The molecule has 0 saturated heterocycles. The van der Waals surface area contributed by atoms with Crippen LogP contribution in [0.5, 0.6) is 0 Å². The van der Waals surface area contributed by atoms with E-state index in [1.54, 1.807) is 0 Å². The maximum Gasteiger partial charge on any atom is 0.0603 e. The molecular weight excluding hydrogens is 272 g/mol. The topological polar surface area (TPSA) is 40.5 Å². The van der Waals surface area contributed by atoms with Crippen LogP contribution < -0.4 is 0 Å². The minimum absolute atomic E-state index is 0.0172.